The highest BCUT2D eigenvalue weighted by molar-refractivity contribution is 7.99. The molecule has 2 aromatic carbocycles. The van der Waals surface area contributed by atoms with Crippen LogP contribution in [0.25, 0.3) is 11.5 Å². The summed E-state index contributed by atoms with van der Waals surface area (Å²) in [6.07, 6.45) is 0. The van der Waals surface area contributed by atoms with E-state index >= 15 is 0 Å². The van der Waals surface area contributed by atoms with Gasteiger partial charge in [0.2, 0.25) is 11.8 Å². The van der Waals surface area contributed by atoms with Gasteiger partial charge < -0.3 is 14.2 Å². The quantitative estimate of drug-likeness (QED) is 0.597. The van der Waals surface area contributed by atoms with Crippen molar-refractivity contribution in [2.45, 2.75) is 12.1 Å². The fourth-order valence-electron chi connectivity index (χ4n) is 3.31. The van der Waals surface area contributed by atoms with Crippen LogP contribution in [0.15, 0.2) is 58.2 Å². The third-order valence-electron chi connectivity index (χ3n) is 4.91. The van der Waals surface area contributed by atoms with Crippen molar-refractivity contribution in [3.05, 3.63) is 59.9 Å². The van der Waals surface area contributed by atoms with Gasteiger partial charge in [-0.15, -0.1) is 10.2 Å². The monoisotopic (exact) mass is 412 g/mol. The zero-order chi connectivity index (χ0) is 20.2. The first-order chi connectivity index (χ1) is 14.1. The second-order valence-electron chi connectivity index (χ2n) is 6.82. The van der Waals surface area contributed by atoms with Gasteiger partial charge in [0.05, 0.1) is 5.75 Å². The molecule has 0 unspecified atom stereocenters. The van der Waals surface area contributed by atoms with E-state index in [2.05, 4.69) is 34.2 Å². The Hall–Kier alpha value is -2.87. The fraction of sp³-hybridized carbons (Fsp3) is 0.286. The van der Waals surface area contributed by atoms with Gasteiger partial charge in [-0.2, -0.15) is 0 Å². The molecular weight excluding hydrogens is 391 g/mol. The molecule has 0 N–H and O–H groups in total. The number of amides is 1. The van der Waals surface area contributed by atoms with Gasteiger partial charge in [0.25, 0.3) is 5.22 Å². The molecule has 0 spiro atoms. The molecule has 3 aromatic rings. The number of rotatable bonds is 5. The Morgan fingerprint density at radius 1 is 1.07 bits per heavy atom. The maximum Gasteiger partial charge on any atom is 0.277 e. The van der Waals surface area contributed by atoms with Crippen molar-refractivity contribution in [2.75, 3.05) is 36.8 Å². The summed E-state index contributed by atoms with van der Waals surface area (Å²) in [6, 6.07) is 14.1. The van der Waals surface area contributed by atoms with Crippen molar-refractivity contribution in [1.82, 2.24) is 15.1 Å². The predicted octanol–water partition coefficient (Wildman–Crippen LogP) is 3.63. The van der Waals surface area contributed by atoms with Crippen molar-refractivity contribution in [1.29, 1.82) is 0 Å². The zero-order valence-corrected chi connectivity index (χ0v) is 16.9. The molecule has 0 bridgehead atoms. The number of anilines is 1. The lowest BCUT2D eigenvalue weighted by Gasteiger charge is -2.36. The number of piperazine rings is 1. The number of thioether (sulfide) groups is 1. The van der Waals surface area contributed by atoms with Crippen molar-refractivity contribution < 1.29 is 13.6 Å². The number of hydrogen-bond acceptors (Lipinski definition) is 6. The zero-order valence-electron chi connectivity index (χ0n) is 16.0. The molecule has 6 nitrogen and oxygen atoms in total. The molecule has 0 radical (unpaired) electrons. The SMILES string of the molecule is Cc1ccccc1N1CCN(C(=O)CSc2nnc(-c3ccc(F)cc3)o2)CC1. The van der Waals surface area contributed by atoms with Gasteiger partial charge in [-0.3, -0.25) is 4.79 Å². The highest BCUT2D eigenvalue weighted by Crippen LogP contribution is 2.24. The summed E-state index contributed by atoms with van der Waals surface area (Å²) >= 11 is 1.22. The van der Waals surface area contributed by atoms with E-state index in [1.54, 1.807) is 12.1 Å². The Kier molecular flexibility index (Phi) is 5.80. The Balaban J connectivity index is 1.29. The van der Waals surface area contributed by atoms with E-state index in [0.29, 0.717) is 29.8 Å². The molecular formula is C21H21FN4O2S. The van der Waals surface area contributed by atoms with E-state index in [9.17, 15) is 9.18 Å². The molecule has 0 atom stereocenters. The molecule has 1 aliphatic rings. The van der Waals surface area contributed by atoms with Gasteiger partial charge in [0.1, 0.15) is 5.82 Å². The third-order valence-corrected chi connectivity index (χ3v) is 5.71. The molecule has 1 aromatic heterocycles. The molecule has 29 heavy (non-hydrogen) atoms. The summed E-state index contributed by atoms with van der Waals surface area (Å²) in [5.74, 6) is 0.291. The number of hydrogen-bond donors (Lipinski definition) is 0. The van der Waals surface area contributed by atoms with Crippen molar-refractivity contribution in [2.24, 2.45) is 0 Å². The van der Waals surface area contributed by atoms with E-state index in [0.717, 1.165) is 13.1 Å². The summed E-state index contributed by atoms with van der Waals surface area (Å²) in [4.78, 5) is 16.7. The summed E-state index contributed by atoms with van der Waals surface area (Å²) < 4.78 is 18.6. The number of aromatic nitrogens is 2. The van der Waals surface area contributed by atoms with Crippen LogP contribution in [0.3, 0.4) is 0 Å². The lowest BCUT2D eigenvalue weighted by molar-refractivity contribution is -0.128. The Bertz CT molecular complexity index is 984. The number of nitrogens with zero attached hydrogens (tertiary/aromatic N) is 4. The number of carbonyl (C=O) groups excluding carboxylic acids is 1. The number of benzene rings is 2. The van der Waals surface area contributed by atoms with Crippen LogP contribution in [-0.2, 0) is 4.79 Å². The summed E-state index contributed by atoms with van der Waals surface area (Å²) in [7, 11) is 0. The highest BCUT2D eigenvalue weighted by atomic mass is 32.2. The first kappa shape index (κ1) is 19.4. The number of halogens is 1. The van der Waals surface area contributed by atoms with Gasteiger partial charge in [-0.25, -0.2) is 4.39 Å². The van der Waals surface area contributed by atoms with Crippen LogP contribution >= 0.6 is 11.8 Å². The highest BCUT2D eigenvalue weighted by Gasteiger charge is 2.22. The summed E-state index contributed by atoms with van der Waals surface area (Å²) in [5, 5.41) is 8.26. The number of carbonyl (C=O) groups is 1. The largest absolute Gasteiger partial charge is 0.411 e. The van der Waals surface area contributed by atoms with Gasteiger partial charge in [-0.1, -0.05) is 30.0 Å². The van der Waals surface area contributed by atoms with Crippen LogP contribution < -0.4 is 4.90 Å². The molecule has 0 aliphatic carbocycles. The lowest BCUT2D eigenvalue weighted by Crippen LogP contribution is -2.49. The van der Waals surface area contributed by atoms with E-state index < -0.39 is 0 Å². The maximum absolute atomic E-state index is 13.0. The smallest absolute Gasteiger partial charge is 0.277 e. The first-order valence-corrected chi connectivity index (χ1v) is 10.4. The Morgan fingerprint density at radius 3 is 2.52 bits per heavy atom. The normalized spacial score (nSPS) is 14.3. The van der Waals surface area contributed by atoms with Gasteiger partial charge in [0, 0.05) is 37.4 Å². The first-order valence-electron chi connectivity index (χ1n) is 9.41. The van der Waals surface area contributed by atoms with Gasteiger partial charge in [0.15, 0.2) is 0 Å². The minimum atomic E-state index is -0.323. The van der Waals surface area contributed by atoms with Crippen LogP contribution in [-0.4, -0.2) is 52.9 Å². The standard InChI is InChI=1S/C21H21FN4O2S/c1-15-4-2-3-5-18(15)25-10-12-26(13-11-25)19(27)14-29-21-24-23-20(28-21)16-6-8-17(22)9-7-16/h2-9H,10-14H2,1H3. The minimum Gasteiger partial charge on any atom is -0.411 e. The molecule has 4 rings (SSSR count). The van der Waals surface area contributed by atoms with Crippen LogP contribution in [0.4, 0.5) is 10.1 Å². The molecule has 1 fully saturated rings. The number of aryl methyl sites for hydroxylation is 1. The molecule has 1 amide bonds. The van der Waals surface area contributed by atoms with E-state index in [4.69, 9.17) is 4.42 Å². The van der Waals surface area contributed by atoms with Crippen LogP contribution in [0.2, 0.25) is 0 Å². The molecule has 1 saturated heterocycles. The molecule has 150 valence electrons. The van der Waals surface area contributed by atoms with Crippen molar-refractivity contribution in [3.63, 3.8) is 0 Å². The van der Waals surface area contributed by atoms with E-state index in [1.807, 2.05) is 17.0 Å². The summed E-state index contributed by atoms with van der Waals surface area (Å²) in [5.41, 5.74) is 3.12. The van der Waals surface area contributed by atoms with E-state index in [-0.39, 0.29) is 17.5 Å². The van der Waals surface area contributed by atoms with Crippen LogP contribution in [0.5, 0.6) is 0 Å². The lowest BCUT2D eigenvalue weighted by atomic mass is 10.1. The van der Waals surface area contributed by atoms with Crippen LogP contribution in [0, 0.1) is 12.7 Å². The molecule has 0 saturated carbocycles. The Labute approximate surface area is 172 Å². The average molecular weight is 412 g/mol. The fourth-order valence-corrected chi connectivity index (χ4v) is 3.97. The minimum absolute atomic E-state index is 0.0564. The van der Waals surface area contributed by atoms with Crippen LogP contribution in [0.1, 0.15) is 5.56 Å². The average Bonchev–Trinajstić information content (AvgIpc) is 3.22. The van der Waals surface area contributed by atoms with Gasteiger partial charge in [-0.05, 0) is 42.8 Å². The second kappa shape index (κ2) is 8.65. The van der Waals surface area contributed by atoms with Gasteiger partial charge >= 0.3 is 0 Å². The van der Waals surface area contributed by atoms with Crippen molar-refractivity contribution in [3.8, 4) is 11.5 Å². The van der Waals surface area contributed by atoms with E-state index in [1.165, 1.54) is 35.1 Å². The molecule has 2 heterocycles. The second-order valence-corrected chi connectivity index (χ2v) is 7.75. The van der Waals surface area contributed by atoms with Crippen molar-refractivity contribution >= 4 is 23.4 Å². The molecule has 8 heteroatoms. The molecule has 1 aliphatic heterocycles. The maximum atomic E-state index is 13.0. The third kappa shape index (κ3) is 4.59. The number of para-hydroxylation sites is 1. The topological polar surface area (TPSA) is 62.5 Å². The predicted molar refractivity (Wildman–Crippen MR) is 110 cm³/mol. The summed E-state index contributed by atoms with van der Waals surface area (Å²) in [6.45, 7) is 5.12. The Morgan fingerprint density at radius 2 is 1.79 bits per heavy atom.